The topological polar surface area (TPSA) is 52.9 Å². The maximum Gasteiger partial charge on any atom is 0.259 e. The van der Waals surface area contributed by atoms with Gasteiger partial charge in [-0.3, -0.25) is 4.79 Å². The zero-order valence-corrected chi connectivity index (χ0v) is 18.1. The Labute approximate surface area is 184 Å². The zero-order chi connectivity index (χ0) is 21.5. The van der Waals surface area contributed by atoms with Crippen LogP contribution >= 0.6 is 23.5 Å². The van der Waals surface area contributed by atoms with Crippen molar-refractivity contribution in [2.24, 2.45) is 0 Å². The fourth-order valence-electron chi connectivity index (χ4n) is 2.50. The lowest BCUT2D eigenvalue weighted by Gasteiger charge is -2.12. The molecule has 0 bridgehead atoms. The molecule has 0 heterocycles. The Bertz CT molecular complexity index is 1070. The van der Waals surface area contributed by atoms with E-state index >= 15 is 0 Å². The van der Waals surface area contributed by atoms with Crippen molar-refractivity contribution in [3.8, 4) is 6.07 Å². The van der Waals surface area contributed by atoms with Crippen LogP contribution in [0.5, 0.6) is 0 Å². The van der Waals surface area contributed by atoms with Crippen LogP contribution in [0.2, 0.25) is 0 Å². The Morgan fingerprint density at radius 2 is 1.37 bits per heavy atom. The number of halogens is 1. The maximum absolute atomic E-state index is 14.0. The summed E-state index contributed by atoms with van der Waals surface area (Å²) < 4.78 is 14.6. The number of nitriles is 1. The molecule has 1 amide bonds. The number of aryl methyl sites for hydroxylation is 2. The minimum atomic E-state index is -0.656. The first-order chi connectivity index (χ1) is 14.5. The molecule has 0 saturated heterocycles. The summed E-state index contributed by atoms with van der Waals surface area (Å²) in [6.07, 6.45) is 0. The number of amides is 1. The lowest BCUT2D eigenvalue weighted by atomic mass is 10.2. The quantitative estimate of drug-likeness (QED) is 0.358. The van der Waals surface area contributed by atoms with Gasteiger partial charge in [-0.05, 0) is 50.2 Å². The van der Waals surface area contributed by atoms with Crippen molar-refractivity contribution in [3.63, 3.8) is 0 Å². The van der Waals surface area contributed by atoms with Gasteiger partial charge in [0.15, 0.2) is 0 Å². The Kier molecular flexibility index (Phi) is 7.34. The summed E-state index contributed by atoms with van der Waals surface area (Å²) in [6, 6.07) is 23.6. The van der Waals surface area contributed by atoms with Crippen LogP contribution in [0.25, 0.3) is 0 Å². The molecule has 0 atom stereocenters. The number of hydrogen-bond donors (Lipinski definition) is 1. The maximum atomic E-state index is 14.0. The molecule has 3 aromatic carbocycles. The Morgan fingerprint density at radius 3 is 1.83 bits per heavy atom. The highest BCUT2D eigenvalue weighted by Gasteiger charge is 2.17. The van der Waals surface area contributed by atoms with E-state index in [0.717, 1.165) is 20.9 Å². The highest BCUT2D eigenvalue weighted by atomic mass is 32.2. The van der Waals surface area contributed by atoms with Gasteiger partial charge in [-0.15, -0.1) is 0 Å². The molecule has 0 spiro atoms. The number of carbonyl (C=O) groups is 1. The van der Waals surface area contributed by atoms with Crippen LogP contribution in [0.3, 0.4) is 0 Å². The van der Waals surface area contributed by atoms with E-state index in [4.69, 9.17) is 0 Å². The molecule has 0 aliphatic heterocycles. The second-order valence-corrected chi connectivity index (χ2v) is 8.96. The number of carbonyl (C=O) groups excluding carboxylic acids is 1. The molecule has 6 heteroatoms. The van der Waals surface area contributed by atoms with E-state index in [0.29, 0.717) is 4.24 Å². The number of allylic oxidation sites excluding steroid dienone is 1. The third-order valence-corrected chi connectivity index (χ3v) is 6.43. The molecule has 0 fully saturated rings. The standard InChI is InChI=1S/C24H19FN2OS2/c1-16-7-11-18(12-8-16)29-24(30-19-13-9-17(2)10-14-19)22(15-26)27-23(28)20-5-3-4-6-21(20)25/h3-14H,1-2H3,(H,27,28). The Hall–Kier alpha value is -3.01. The average molecular weight is 435 g/mol. The summed E-state index contributed by atoms with van der Waals surface area (Å²) in [5, 5.41) is 12.3. The van der Waals surface area contributed by atoms with Crippen LogP contribution < -0.4 is 5.32 Å². The fourth-order valence-corrected chi connectivity index (χ4v) is 4.61. The van der Waals surface area contributed by atoms with Gasteiger partial charge in [0, 0.05) is 9.79 Å². The summed E-state index contributed by atoms with van der Waals surface area (Å²) in [7, 11) is 0. The average Bonchev–Trinajstić information content (AvgIpc) is 2.75. The highest BCUT2D eigenvalue weighted by Crippen LogP contribution is 2.41. The van der Waals surface area contributed by atoms with Crippen molar-refractivity contribution in [1.82, 2.24) is 5.32 Å². The van der Waals surface area contributed by atoms with Crippen molar-refractivity contribution >= 4 is 29.4 Å². The van der Waals surface area contributed by atoms with Gasteiger partial charge in [-0.1, -0.05) is 71.0 Å². The van der Waals surface area contributed by atoms with Crippen LogP contribution in [0, 0.1) is 31.0 Å². The van der Waals surface area contributed by atoms with E-state index in [1.54, 1.807) is 6.07 Å². The lowest BCUT2D eigenvalue weighted by Crippen LogP contribution is -2.23. The van der Waals surface area contributed by atoms with Crippen molar-refractivity contribution in [2.75, 3.05) is 0 Å². The molecule has 0 saturated carbocycles. The fraction of sp³-hybridized carbons (Fsp3) is 0.0833. The first-order valence-corrected chi connectivity index (χ1v) is 10.8. The Balaban J connectivity index is 1.95. The van der Waals surface area contributed by atoms with E-state index < -0.39 is 11.7 Å². The largest absolute Gasteiger partial charge is 0.312 e. The second-order valence-electron chi connectivity index (χ2n) is 6.54. The summed E-state index contributed by atoms with van der Waals surface area (Å²) in [5.74, 6) is -1.29. The summed E-state index contributed by atoms with van der Waals surface area (Å²) in [4.78, 5) is 14.4. The van der Waals surface area contributed by atoms with Crippen molar-refractivity contribution in [3.05, 3.63) is 105 Å². The van der Waals surface area contributed by atoms with Gasteiger partial charge in [0.1, 0.15) is 17.6 Å². The molecular formula is C24H19FN2OS2. The molecule has 0 aliphatic rings. The SMILES string of the molecule is Cc1ccc(SC(Sc2ccc(C)cc2)=C(C#N)NC(=O)c2ccccc2F)cc1. The number of nitrogens with zero attached hydrogens (tertiary/aromatic N) is 1. The predicted molar refractivity (Wildman–Crippen MR) is 121 cm³/mol. The van der Waals surface area contributed by atoms with Crippen LogP contribution in [0.1, 0.15) is 21.5 Å². The molecule has 0 aliphatic carbocycles. The predicted octanol–water partition coefficient (Wildman–Crippen LogP) is 6.45. The van der Waals surface area contributed by atoms with Gasteiger partial charge in [-0.2, -0.15) is 5.26 Å². The van der Waals surface area contributed by atoms with Crippen LogP contribution in [0.15, 0.2) is 92.5 Å². The molecule has 3 aromatic rings. The summed E-state index contributed by atoms with van der Waals surface area (Å²) in [5.41, 5.74) is 2.23. The van der Waals surface area contributed by atoms with Gasteiger partial charge in [0.25, 0.3) is 5.91 Å². The number of nitrogens with one attached hydrogen (secondary N) is 1. The minimum Gasteiger partial charge on any atom is -0.312 e. The van der Waals surface area contributed by atoms with Gasteiger partial charge in [0.05, 0.1) is 9.80 Å². The molecule has 0 radical (unpaired) electrons. The molecule has 150 valence electrons. The van der Waals surface area contributed by atoms with E-state index in [1.807, 2.05) is 62.4 Å². The first-order valence-electron chi connectivity index (χ1n) is 9.15. The van der Waals surface area contributed by atoms with Crippen LogP contribution in [0.4, 0.5) is 4.39 Å². The smallest absolute Gasteiger partial charge is 0.259 e. The molecule has 30 heavy (non-hydrogen) atoms. The first kappa shape index (κ1) is 21.7. The molecule has 0 unspecified atom stereocenters. The number of thioether (sulfide) groups is 2. The lowest BCUT2D eigenvalue weighted by molar-refractivity contribution is 0.0963. The van der Waals surface area contributed by atoms with Gasteiger partial charge in [0.2, 0.25) is 0 Å². The van der Waals surface area contributed by atoms with Crippen molar-refractivity contribution in [1.29, 1.82) is 5.26 Å². The molecular weight excluding hydrogens is 415 g/mol. The number of benzene rings is 3. The molecule has 1 N–H and O–H groups in total. The van der Waals surface area contributed by atoms with Crippen molar-refractivity contribution < 1.29 is 9.18 Å². The third kappa shape index (κ3) is 5.76. The Morgan fingerprint density at radius 1 is 0.867 bits per heavy atom. The van der Waals surface area contributed by atoms with Gasteiger partial charge in [-0.25, -0.2) is 4.39 Å². The van der Waals surface area contributed by atoms with Gasteiger partial charge < -0.3 is 5.32 Å². The van der Waals surface area contributed by atoms with Gasteiger partial charge >= 0.3 is 0 Å². The van der Waals surface area contributed by atoms with E-state index in [-0.39, 0.29) is 11.3 Å². The normalized spacial score (nSPS) is 10.2. The monoisotopic (exact) mass is 434 g/mol. The number of rotatable bonds is 6. The zero-order valence-electron chi connectivity index (χ0n) is 16.5. The highest BCUT2D eigenvalue weighted by molar-refractivity contribution is 8.22. The van der Waals surface area contributed by atoms with Crippen LogP contribution in [-0.4, -0.2) is 5.91 Å². The summed E-state index contributed by atoms with van der Waals surface area (Å²) in [6.45, 7) is 4.00. The van der Waals surface area contributed by atoms with E-state index in [9.17, 15) is 14.4 Å². The molecule has 3 rings (SSSR count). The summed E-state index contributed by atoms with van der Waals surface area (Å²) >= 11 is 2.76. The molecule has 3 nitrogen and oxygen atoms in total. The minimum absolute atomic E-state index is 0.0828. The molecule has 0 aromatic heterocycles. The van der Waals surface area contributed by atoms with E-state index in [2.05, 4.69) is 11.4 Å². The van der Waals surface area contributed by atoms with Crippen LogP contribution in [-0.2, 0) is 0 Å². The van der Waals surface area contributed by atoms with E-state index in [1.165, 1.54) is 41.7 Å². The number of hydrogen-bond acceptors (Lipinski definition) is 4. The third-order valence-electron chi connectivity index (χ3n) is 4.14. The second kappa shape index (κ2) is 10.1. The van der Waals surface area contributed by atoms with Crippen molar-refractivity contribution in [2.45, 2.75) is 23.6 Å².